The lowest BCUT2D eigenvalue weighted by Gasteiger charge is -2.09. The van der Waals surface area contributed by atoms with Crippen molar-refractivity contribution in [1.29, 1.82) is 0 Å². The summed E-state index contributed by atoms with van der Waals surface area (Å²) in [6.07, 6.45) is 1.68. The van der Waals surface area contributed by atoms with Crippen LogP contribution < -0.4 is 9.47 Å². The summed E-state index contributed by atoms with van der Waals surface area (Å²) >= 11 is 0. The van der Waals surface area contributed by atoms with Gasteiger partial charge in [-0.05, 0) is 90.3 Å². The van der Waals surface area contributed by atoms with Crippen LogP contribution in [0.1, 0.15) is 61.1 Å². The minimum atomic E-state index is -0.534. The zero-order valence-electron chi connectivity index (χ0n) is 23.0. The van der Waals surface area contributed by atoms with Gasteiger partial charge < -0.3 is 14.2 Å². The quantitative estimate of drug-likeness (QED) is 0.102. The van der Waals surface area contributed by atoms with Crippen molar-refractivity contribution in [2.75, 3.05) is 0 Å². The van der Waals surface area contributed by atoms with E-state index >= 15 is 0 Å². The Bertz CT molecular complexity index is 1620. The van der Waals surface area contributed by atoms with Crippen molar-refractivity contribution >= 4 is 23.7 Å². The van der Waals surface area contributed by atoms with E-state index in [0.717, 1.165) is 17.5 Å². The number of hydrogen-bond acceptors (Lipinski definition) is 7. The normalized spacial score (nSPS) is 14.3. The van der Waals surface area contributed by atoms with Crippen LogP contribution in [0.2, 0.25) is 0 Å². The van der Waals surface area contributed by atoms with Crippen LogP contribution in [0.5, 0.6) is 11.5 Å². The van der Waals surface area contributed by atoms with Crippen LogP contribution in [0.15, 0.2) is 109 Å². The third-order valence-electron chi connectivity index (χ3n) is 6.94. The molecule has 0 radical (unpaired) electrons. The smallest absolute Gasteiger partial charge is 0.343 e. The monoisotopic (exact) mass is 560 g/mol. The third-order valence-corrected chi connectivity index (χ3v) is 6.94. The van der Waals surface area contributed by atoms with E-state index in [4.69, 9.17) is 14.2 Å². The molecular formula is C35H28O7. The Morgan fingerprint density at radius 2 is 1.12 bits per heavy atom. The fourth-order valence-corrected chi connectivity index (χ4v) is 4.51. The Kier molecular flexibility index (Phi) is 8.39. The molecule has 0 saturated carbocycles. The third kappa shape index (κ3) is 6.70. The van der Waals surface area contributed by atoms with Crippen molar-refractivity contribution in [3.8, 4) is 11.5 Å². The molecule has 0 N–H and O–H groups in total. The Labute approximate surface area is 243 Å². The van der Waals surface area contributed by atoms with E-state index in [1.165, 1.54) is 0 Å². The van der Waals surface area contributed by atoms with E-state index in [-0.39, 0.29) is 17.9 Å². The second kappa shape index (κ2) is 12.5. The zero-order chi connectivity index (χ0) is 29.6. The maximum absolute atomic E-state index is 13.0. The molecule has 1 saturated heterocycles. The van der Waals surface area contributed by atoms with Crippen LogP contribution in [0.3, 0.4) is 0 Å². The van der Waals surface area contributed by atoms with Gasteiger partial charge in [0.2, 0.25) is 0 Å². The largest absolute Gasteiger partial charge is 0.458 e. The van der Waals surface area contributed by atoms with Crippen molar-refractivity contribution in [2.24, 2.45) is 0 Å². The SMILES string of the molecule is C=C1CC(Cc2ccc(C(=O)Oc3ccc(C(=O)c4ccc(OC(=O)c5ccc(CC)cc5)cc4)cc3)cc2)OC1=O. The summed E-state index contributed by atoms with van der Waals surface area (Å²) in [5.74, 6) is -0.968. The standard InChI is InChI=1S/C35H28O7/c1-3-23-4-8-27(9-5-23)34(38)40-29-16-12-25(13-17-29)32(36)26-14-18-30(19-15-26)41-35(39)28-10-6-24(7-11-28)21-31-20-22(2)33(37)42-31/h4-19,31H,2-3,20-21H2,1H3. The van der Waals surface area contributed by atoms with Crippen LogP contribution in [-0.4, -0.2) is 29.8 Å². The molecule has 0 aromatic heterocycles. The highest BCUT2D eigenvalue weighted by molar-refractivity contribution is 6.09. The maximum atomic E-state index is 13.0. The molecule has 0 amide bonds. The molecule has 1 heterocycles. The van der Waals surface area contributed by atoms with Gasteiger partial charge in [0, 0.05) is 29.5 Å². The van der Waals surface area contributed by atoms with Crippen molar-refractivity contribution in [1.82, 2.24) is 0 Å². The second-order valence-corrected chi connectivity index (χ2v) is 9.94. The van der Waals surface area contributed by atoms with Gasteiger partial charge >= 0.3 is 17.9 Å². The molecule has 0 bridgehead atoms. The minimum absolute atomic E-state index is 0.229. The van der Waals surface area contributed by atoms with E-state index in [9.17, 15) is 19.2 Å². The van der Waals surface area contributed by atoms with E-state index in [1.807, 2.05) is 19.1 Å². The number of benzene rings is 4. The Morgan fingerprint density at radius 1 is 0.690 bits per heavy atom. The molecule has 4 aromatic rings. The van der Waals surface area contributed by atoms with Crippen molar-refractivity contribution in [2.45, 2.75) is 32.3 Å². The number of carbonyl (C=O) groups excluding carboxylic acids is 4. The molecule has 0 aliphatic carbocycles. The van der Waals surface area contributed by atoms with Gasteiger partial charge in [-0.3, -0.25) is 4.79 Å². The van der Waals surface area contributed by atoms with Crippen molar-refractivity contribution in [3.63, 3.8) is 0 Å². The van der Waals surface area contributed by atoms with Gasteiger partial charge in [0.25, 0.3) is 0 Å². The zero-order valence-corrected chi connectivity index (χ0v) is 23.0. The number of ketones is 1. The van der Waals surface area contributed by atoms with E-state index in [1.54, 1.807) is 84.9 Å². The fraction of sp³-hybridized carbons (Fsp3) is 0.143. The molecule has 5 rings (SSSR count). The predicted molar refractivity (Wildman–Crippen MR) is 156 cm³/mol. The topological polar surface area (TPSA) is 96.0 Å². The van der Waals surface area contributed by atoms with Gasteiger partial charge in [0.1, 0.15) is 17.6 Å². The number of cyclic esters (lactones) is 1. The first-order valence-electron chi connectivity index (χ1n) is 13.5. The summed E-state index contributed by atoms with van der Waals surface area (Å²) < 4.78 is 16.1. The van der Waals surface area contributed by atoms with Gasteiger partial charge in [-0.1, -0.05) is 37.8 Å². The molecule has 1 fully saturated rings. The van der Waals surface area contributed by atoms with Crippen LogP contribution in [0, 0.1) is 0 Å². The lowest BCUT2D eigenvalue weighted by Crippen LogP contribution is -2.11. The fourth-order valence-electron chi connectivity index (χ4n) is 4.51. The first-order valence-corrected chi connectivity index (χ1v) is 13.5. The Hall–Kier alpha value is -5.30. The molecule has 0 spiro atoms. The van der Waals surface area contributed by atoms with Crippen LogP contribution >= 0.6 is 0 Å². The number of carbonyl (C=O) groups is 4. The van der Waals surface area contributed by atoms with Gasteiger partial charge in [0.05, 0.1) is 11.1 Å². The molecule has 4 aromatic carbocycles. The van der Waals surface area contributed by atoms with Crippen LogP contribution in [0.25, 0.3) is 0 Å². The molecular weight excluding hydrogens is 532 g/mol. The van der Waals surface area contributed by atoms with Gasteiger partial charge in [-0.2, -0.15) is 0 Å². The van der Waals surface area contributed by atoms with Gasteiger partial charge in [-0.25, -0.2) is 14.4 Å². The average molecular weight is 561 g/mol. The number of hydrogen-bond donors (Lipinski definition) is 0. The lowest BCUT2D eigenvalue weighted by molar-refractivity contribution is -0.138. The van der Waals surface area contributed by atoms with E-state index < -0.39 is 11.9 Å². The van der Waals surface area contributed by atoms with Gasteiger partial charge in [-0.15, -0.1) is 0 Å². The maximum Gasteiger partial charge on any atom is 0.343 e. The summed E-state index contributed by atoms with van der Waals surface area (Å²) in [6.45, 7) is 5.73. The summed E-state index contributed by atoms with van der Waals surface area (Å²) in [5.41, 5.74) is 4.17. The van der Waals surface area contributed by atoms with Gasteiger partial charge in [0.15, 0.2) is 5.78 Å². The second-order valence-electron chi connectivity index (χ2n) is 9.94. The molecule has 42 heavy (non-hydrogen) atoms. The highest BCUT2D eigenvalue weighted by atomic mass is 16.6. The summed E-state index contributed by atoms with van der Waals surface area (Å²) in [4.78, 5) is 49.5. The molecule has 1 unspecified atom stereocenters. The molecule has 1 aliphatic rings. The molecule has 210 valence electrons. The Morgan fingerprint density at radius 3 is 1.52 bits per heavy atom. The molecule has 7 heteroatoms. The highest BCUT2D eigenvalue weighted by Gasteiger charge is 2.27. The predicted octanol–water partition coefficient (Wildman–Crippen LogP) is 6.33. The first kappa shape index (κ1) is 28.2. The summed E-state index contributed by atoms with van der Waals surface area (Å²) in [7, 11) is 0. The summed E-state index contributed by atoms with van der Waals surface area (Å²) in [6, 6.07) is 26.7. The van der Waals surface area contributed by atoms with Crippen LogP contribution in [0.4, 0.5) is 0 Å². The number of aryl methyl sites for hydroxylation is 1. The lowest BCUT2D eigenvalue weighted by atomic mass is 10.0. The van der Waals surface area contributed by atoms with Crippen molar-refractivity contribution < 1.29 is 33.4 Å². The van der Waals surface area contributed by atoms with E-state index in [0.29, 0.717) is 52.2 Å². The molecule has 1 aliphatic heterocycles. The minimum Gasteiger partial charge on any atom is -0.458 e. The highest BCUT2D eigenvalue weighted by Crippen LogP contribution is 2.23. The first-order chi connectivity index (χ1) is 20.3. The number of ether oxygens (including phenoxy) is 3. The van der Waals surface area contributed by atoms with E-state index in [2.05, 4.69) is 6.58 Å². The number of esters is 3. The Balaban J connectivity index is 1.14. The average Bonchev–Trinajstić information content (AvgIpc) is 3.33. The molecule has 1 atom stereocenters. The van der Waals surface area contributed by atoms with Crippen LogP contribution in [-0.2, 0) is 22.4 Å². The molecule has 7 nitrogen and oxygen atoms in total. The number of rotatable bonds is 9. The van der Waals surface area contributed by atoms with Crippen molar-refractivity contribution in [3.05, 3.63) is 143 Å². The summed E-state index contributed by atoms with van der Waals surface area (Å²) in [5, 5.41) is 0.